The molecule has 8 nitrogen and oxygen atoms in total. The molecule has 0 saturated carbocycles. The second kappa shape index (κ2) is 10.4. The summed E-state index contributed by atoms with van der Waals surface area (Å²) in [6.45, 7) is 2.60. The molecular weight excluding hydrogens is 445 g/mol. The predicted octanol–water partition coefficient (Wildman–Crippen LogP) is 3.37. The highest BCUT2D eigenvalue weighted by Gasteiger charge is 2.18. The second-order valence-electron chi connectivity index (χ2n) is 7.38. The lowest BCUT2D eigenvalue weighted by Gasteiger charge is -2.04. The summed E-state index contributed by atoms with van der Waals surface area (Å²) >= 11 is 1.18. The van der Waals surface area contributed by atoms with Gasteiger partial charge in [0.2, 0.25) is 0 Å². The van der Waals surface area contributed by atoms with Crippen molar-refractivity contribution in [3.05, 3.63) is 93.1 Å². The van der Waals surface area contributed by atoms with Gasteiger partial charge in [-0.25, -0.2) is 23.4 Å². The number of benzene rings is 1. The molecule has 0 unspecified atom stereocenters. The molecule has 10 heteroatoms. The number of aryl methyl sites for hydroxylation is 2. The van der Waals surface area contributed by atoms with Crippen LogP contribution in [0.4, 0.5) is 4.39 Å². The van der Waals surface area contributed by atoms with Gasteiger partial charge in [-0.15, -0.1) is 0 Å². The zero-order valence-electron chi connectivity index (χ0n) is 18.0. The highest BCUT2D eigenvalue weighted by atomic mass is 32.1. The van der Waals surface area contributed by atoms with Gasteiger partial charge in [0.1, 0.15) is 12.1 Å². The van der Waals surface area contributed by atoms with Gasteiger partial charge in [-0.2, -0.15) is 5.10 Å². The van der Waals surface area contributed by atoms with Gasteiger partial charge in [0.25, 0.3) is 0 Å². The van der Waals surface area contributed by atoms with Crippen LogP contribution < -0.4 is 5.69 Å². The summed E-state index contributed by atoms with van der Waals surface area (Å²) in [5, 5.41) is 4.52. The second-order valence-corrected chi connectivity index (χ2v) is 8.36. The first-order valence-electron chi connectivity index (χ1n) is 10.4. The van der Waals surface area contributed by atoms with Crippen molar-refractivity contribution in [1.82, 2.24) is 24.3 Å². The molecule has 4 rings (SSSR count). The molecule has 0 aliphatic carbocycles. The van der Waals surface area contributed by atoms with Crippen LogP contribution in [-0.4, -0.2) is 36.7 Å². The Morgan fingerprint density at radius 1 is 1.18 bits per heavy atom. The molecule has 3 aromatic heterocycles. The van der Waals surface area contributed by atoms with E-state index in [0.717, 1.165) is 11.1 Å². The third kappa shape index (κ3) is 5.65. The lowest BCUT2D eigenvalue weighted by Crippen LogP contribution is -2.25. The largest absolute Gasteiger partial charge is 0.375 e. The minimum atomic E-state index is -0.358. The van der Waals surface area contributed by atoms with Gasteiger partial charge >= 0.3 is 5.69 Å². The number of hydrogen-bond acceptors (Lipinski definition) is 7. The number of ether oxygens (including phenoxy) is 1. The number of aromatic nitrogens is 5. The van der Waals surface area contributed by atoms with Crippen molar-refractivity contribution >= 4 is 17.1 Å². The fourth-order valence-corrected chi connectivity index (χ4v) is 4.20. The van der Waals surface area contributed by atoms with Gasteiger partial charge < -0.3 is 4.74 Å². The van der Waals surface area contributed by atoms with E-state index in [1.54, 1.807) is 31.5 Å². The summed E-state index contributed by atoms with van der Waals surface area (Å²) in [7, 11) is 0. The Morgan fingerprint density at radius 2 is 2.00 bits per heavy atom. The quantitative estimate of drug-likeness (QED) is 0.262. The Bertz CT molecular complexity index is 1280. The number of ketones is 1. The van der Waals surface area contributed by atoms with Crippen molar-refractivity contribution in [2.24, 2.45) is 0 Å². The normalized spacial score (nSPS) is 11.1. The first-order valence-corrected chi connectivity index (χ1v) is 11.2. The van der Waals surface area contributed by atoms with Gasteiger partial charge in [0, 0.05) is 18.8 Å². The molecule has 3 heterocycles. The molecule has 0 N–H and O–H groups in total. The highest BCUT2D eigenvalue weighted by Crippen LogP contribution is 2.22. The molecule has 0 saturated heterocycles. The van der Waals surface area contributed by atoms with E-state index in [2.05, 4.69) is 15.1 Å². The summed E-state index contributed by atoms with van der Waals surface area (Å²) in [5.74, 6) is -0.318. The van der Waals surface area contributed by atoms with Crippen LogP contribution in [0, 0.1) is 12.7 Å². The standard InChI is InChI=1S/C23H22FN5O3S/c1-16-21(20(30)9-6-17-3-2-10-25-13-17)33-22(27-16)28-15-26-29(23(28)31)11-12-32-14-18-4-7-19(24)8-5-18/h2-5,7-8,10,13,15H,6,9,11-12,14H2,1H3. The van der Waals surface area contributed by atoms with Crippen molar-refractivity contribution in [1.29, 1.82) is 0 Å². The third-order valence-corrected chi connectivity index (χ3v) is 6.17. The number of carbonyl (C=O) groups excluding carboxylic acids is 1. The number of Topliss-reactive ketones (excluding diaryl/α,β-unsaturated/α-hetero) is 1. The molecule has 0 aliphatic heterocycles. The molecule has 0 fully saturated rings. The first-order chi connectivity index (χ1) is 16.0. The van der Waals surface area contributed by atoms with Crippen molar-refractivity contribution < 1.29 is 13.9 Å². The number of thiazole rings is 1. The Labute approximate surface area is 193 Å². The van der Waals surface area contributed by atoms with Crippen molar-refractivity contribution in [2.45, 2.75) is 32.9 Å². The first kappa shape index (κ1) is 22.7. The summed E-state index contributed by atoms with van der Waals surface area (Å²) in [6.07, 6.45) is 5.77. The fourth-order valence-electron chi connectivity index (χ4n) is 3.20. The van der Waals surface area contributed by atoms with Crippen LogP contribution in [0.1, 0.15) is 32.9 Å². The molecule has 0 atom stereocenters. The molecule has 0 radical (unpaired) electrons. The Morgan fingerprint density at radius 3 is 2.76 bits per heavy atom. The maximum atomic E-state index is 12.9. The van der Waals surface area contributed by atoms with Crippen LogP contribution in [0.25, 0.3) is 5.13 Å². The lowest BCUT2D eigenvalue weighted by atomic mass is 10.1. The molecule has 33 heavy (non-hydrogen) atoms. The zero-order valence-corrected chi connectivity index (χ0v) is 18.8. The molecule has 4 aromatic rings. The highest BCUT2D eigenvalue weighted by molar-refractivity contribution is 7.16. The van der Waals surface area contributed by atoms with Crippen molar-refractivity contribution in [3.8, 4) is 5.13 Å². The Hall–Kier alpha value is -3.50. The summed E-state index contributed by atoms with van der Waals surface area (Å²) in [4.78, 5) is 34.4. The maximum absolute atomic E-state index is 12.9. The summed E-state index contributed by atoms with van der Waals surface area (Å²) in [6, 6.07) is 9.82. The predicted molar refractivity (Wildman–Crippen MR) is 121 cm³/mol. The van der Waals surface area contributed by atoms with E-state index in [1.165, 1.54) is 39.0 Å². The number of halogens is 1. The smallest absolute Gasteiger partial charge is 0.352 e. The molecule has 0 bridgehead atoms. The SMILES string of the molecule is Cc1nc(-n2cnn(CCOCc3ccc(F)cc3)c2=O)sc1C(=O)CCc1cccnc1. The van der Waals surface area contributed by atoms with Crippen LogP contribution in [0.5, 0.6) is 0 Å². The van der Waals surface area contributed by atoms with Crippen molar-refractivity contribution in [2.75, 3.05) is 6.61 Å². The average Bonchev–Trinajstić information content (AvgIpc) is 3.39. The number of pyridine rings is 1. The Balaban J connectivity index is 1.36. The molecule has 0 aliphatic rings. The van der Waals surface area contributed by atoms with Crippen LogP contribution in [-0.2, 0) is 24.3 Å². The van der Waals surface area contributed by atoms with E-state index < -0.39 is 0 Å². The van der Waals surface area contributed by atoms with Crippen LogP contribution in [0.3, 0.4) is 0 Å². The van der Waals surface area contributed by atoms with Crippen molar-refractivity contribution in [3.63, 3.8) is 0 Å². The molecule has 170 valence electrons. The summed E-state index contributed by atoms with van der Waals surface area (Å²) < 4.78 is 21.1. The third-order valence-electron chi connectivity index (χ3n) is 4.97. The minimum absolute atomic E-state index is 0.0188. The molecule has 1 aromatic carbocycles. The number of rotatable bonds is 10. The van der Waals surface area contributed by atoms with E-state index in [-0.39, 0.29) is 30.4 Å². The summed E-state index contributed by atoms with van der Waals surface area (Å²) in [5.41, 5.74) is 2.07. The lowest BCUT2D eigenvalue weighted by molar-refractivity contribution is 0.0986. The minimum Gasteiger partial charge on any atom is -0.375 e. The monoisotopic (exact) mass is 467 g/mol. The van der Waals surface area contributed by atoms with Gasteiger partial charge in [-0.05, 0) is 42.7 Å². The topological polar surface area (TPSA) is 91.9 Å². The molecule has 0 spiro atoms. The molecule has 0 amide bonds. The van der Waals surface area contributed by atoms with Gasteiger partial charge in [0.05, 0.1) is 30.3 Å². The van der Waals surface area contributed by atoms with Crippen LogP contribution >= 0.6 is 11.3 Å². The van der Waals surface area contributed by atoms with Gasteiger partial charge in [0.15, 0.2) is 10.9 Å². The average molecular weight is 468 g/mol. The maximum Gasteiger partial charge on any atom is 0.352 e. The van der Waals surface area contributed by atoms with Gasteiger partial charge in [-0.1, -0.05) is 29.5 Å². The van der Waals surface area contributed by atoms with Crippen LogP contribution in [0.15, 0.2) is 59.9 Å². The van der Waals surface area contributed by atoms with E-state index in [0.29, 0.717) is 35.2 Å². The van der Waals surface area contributed by atoms with E-state index >= 15 is 0 Å². The number of nitrogens with zero attached hydrogens (tertiary/aromatic N) is 5. The van der Waals surface area contributed by atoms with Crippen LogP contribution in [0.2, 0.25) is 0 Å². The fraction of sp³-hybridized carbons (Fsp3) is 0.261. The van der Waals surface area contributed by atoms with E-state index in [1.807, 2.05) is 12.1 Å². The molecular formula is C23H22FN5O3S. The Kier molecular flexibility index (Phi) is 7.16. The zero-order chi connectivity index (χ0) is 23.2. The number of hydrogen-bond donors (Lipinski definition) is 0. The number of carbonyl (C=O) groups is 1. The van der Waals surface area contributed by atoms with Gasteiger partial charge in [-0.3, -0.25) is 9.78 Å². The van der Waals surface area contributed by atoms with E-state index in [9.17, 15) is 14.0 Å². The van der Waals surface area contributed by atoms with E-state index in [4.69, 9.17) is 4.74 Å².